The van der Waals surface area contributed by atoms with Crippen molar-refractivity contribution < 1.29 is 28.4 Å². The van der Waals surface area contributed by atoms with Crippen molar-refractivity contribution in [1.82, 2.24) is 15.0 Å². The molecule has 0 unspecified atom stereocenters. The number of unbranched alkanes of at least 4 members (excludes halogenated alkanes) is 42. The molecule has 3 aromatic carbocycles. The maximum absolute atomic E-state index is 6.82. The molecule has 2 N–H and O–H groups in total. The monoisotopic (exact) mass is 1300 g/mol. The number of ether oxygens (including phenoxy) is 6. The predicted octanol–water partition coefficient (Wildman–Crippen LogP) is 26.7. The molecule has 1 aromatic heterocycles. The van der Waals surface area contributed by atoms with Gasteiger partial charge in [-0.2, -0.15) is 15.0 Å². The first-order valence-electron chi connectivity index (χ1n) is 40.0. The van der Waals surface area contributed by atoms with E-state index >= 15 is 0 Å². The molecule has 94 heavy (non-hydrogen) atoms. The van der Waals surface area contributed by atoms with E-state index in [0.29, 0.717) is 91.9 Å². The van der Waals surface area contributed by atoms with Crippen LogP contribution in [-0.2, 0) is 6.42 Å². The lowest BCUT2D eigenvalue weighted by atomic mass is 10.1. The average Bonchev–Trinajstić information content (AvgIpc) is 0.895. The molecule has 0 radical (unpaired) electrons. The summed E-state index contributed by atoms with van der Waals surface area (Å²) in [5.41, 5.74) is 3.66. The highest BCUT2D eigenvalue weighted by Gasteiger charge is 2.21. The molecule has 0 saturated carbocycles. The van der Waals surface area contributed by atoms with Gasteiger partial charge in [0.2, 0.25) is 23.4 Å². The molecular formula is C83H141N5O6. The van der Waals surface area contributed by atoms with Gasteiger partial charge in [-0.1, -0.05) is 342 Å². The molecule has 0 aliphatic carbocycles. The van der Waals surface area contributed by atoms with E-state index in [1.54, 1.807) is 0 Å². The van der Waals surface area contributed by atoms with Crippen LogP contribution in [0.25, 0.3) is 11.4 Å². The van der Waals surface area contributed by atoms with Gasteiger partial charge in [0, 0.05) is 41.2 Å². The Bertz CT molecular complexity index is 2180. The minimum atomic E-state index is 0.394. The van der Waals surface area contributed by atoms with Crippen LogP contribution in [0.5, 0.6) is 34.5 Å². The second kappa shape index (κ2) is 57.2. The van der Waals surface area contributed by atoms with Gasteiger partial charge >= 0.3 is 0 Å². The molecule has 0 bridgehead atoms. The van der Waals surface area contributed by atoms with E-state index in [2.05, 4.69) is 108 Å². The van der Waals surface area contributed by atoms with E-state index in [9.17, 15) is 0 Å². The van der Waals surface area contributed by atoms with Gasteiger partial charge in [0.1, 0.15) is 0 Å². The minimum Gasteiger partial charge on any atom is -0.489 e. The SMILES string of the molecule is CCCCCCCCCCOc1cc(Nc2nc(Nc3cc(OCCCCCCCCCC)c(OCCCCCCCCCC)c(OCCCCCCCCCC)c3)nc(-c3ccc(CC)cc3)n2)cc(OCCCCCCCCCC)c1OCCCCCCCCCC. The van der Waals surface area contributed by atoms with E-state index in [4.69, 9.17) is 43.4 Å². The summed E-state index contributed by atoms with van der Waals surface area (Å²) in [5.74, 6) is 5.45. The number of anilines is 4. The first-order valence-corrected chi connectivity index (χ1v) is 40.0. The van der Waals surface area contributed by atoms with E-state index in [1.807, 2.05) is 0 Å². The molecule has 4 aromatic rings. The number of hydrogen-bond acceptors (Lipinski definition) is 11. The van der Waals surface area contributed by atoms with Crippen LogP contribution in [0, 0.1) is 0 Å². The lowest BCUT2D eigenvalue weighted by Crippen LogP contribution is -2.09. The Morgan fingerprint density at radius 2 is 0.479 bits per heavy atom. The van der Waals surface area contributed by atoms with Gasteiger partial charge < -0.3 is 39.1 Å². The van der Waals surface area contributed by atoms with E-state index in [0.717, 1.165) is 100 Å². The Hall–Kier alpha value is -4.93. The third kappa shape index (κ3) is 38.7. The van der Waals surface area contributed by atoms with Crippen molar-refractivity contribution in [2.24, 2.45) is 0 Å². The Labute approximate surface area is 577 Å². The van der Waals surface area contributed by atoms with Crippen molar-refractivity contribution in [2.75, 3.05) is 50.3 Å². The summed E-state index contributed by atoms with van der Waals surface area (Å²) in [4.78, 5) is 15.5. The van der Waals surface area contributed by atoms with Crippen molar-refractivity contribution in [3.05, 3.63) is 54.1 Å². The molecule has 534 valence electrons. The van der Waals surface area contributed by atoms with Crippen molar-refractivity contribution in [3.63, 3.8) is 0 Å². The highest BCUT2D eigenvalue weighted by molar-refractivity contribution is 5.70. The van der Waals surface area contributed by atoms with Gasteiger partial charge in [0.25, 0.3) is 0 Å². The van der Waals surface area contributed by atoms with E-state index < -0.39 is 0 Å². The van der Waals surface area contributed by atoms with Crippen LogP contribution < -0.4 is 39.1 Å². The molecule has 1 heterocycles. The standard InChI is InChI=1S/C83H141N5O6/c1-8-15-21-27-33-39-45-51-61-89-75-67-73(68-76(90-62-52-46-40-34-28-22-16-9-2)79(75)93-65-55-49-43-37-31-25-19-12-5)84-82-86-81(72-59-57-71(14-7)58-60-72)87-83(88-82)85-74-69-77(91-63-53-47-41-35-29-23-17-10-3)80(94-66-56-50-44-38-32-26-20-13-6)78(70-74)92-64-54-48-42-36-30-24-18-11-4/h57-60,67-70H,8-56,61-66H2,1-7H3,(H2,84,85,86,87,88). The molecule has 0 amide bonds. The number of benzene rings is 3. The van der Waals surface area contributed by atoms with Crippen molar-refractivity contribution in [3.8, 4) is 45.9 Å². The molecule has 0 fully saturated rings. The molecule has 0 aliphatic rings. The van der Waals surface area contributed by atoms with Crippen LogP contribution in [0.3, 0.4) is 0 Å². The molecule has 0 spiro atoms. The lowest BCUT2D eigenvalue weighted by Gasteiger charge is -2.20. The minimum absolute atomic E-state index is 0.394. The first kappa shape index (κ1) is 81.5. The molecule has 11 nitrogen and oxygen atoms in total. The number of nitrogens with one attached hydrogen (secondary N) is 2. The Morgan fingerprint density at radius 1 is 0.255 bits per heavy atom. The summed E-state index contributed by atoms with van der Waals surface area (Å²) in [7, 11) is 0. The zero-order valence-electron chi connectivity index (χ0n) is 61.8. The maximum Gasteiger partial charge on any atom is 0.232 e. The zero-order valence-corrected chi connectivity index (χ0v) is 61.8. The predicted molar refractivity (Wildman–Crippen MR) is 403 cm³/mol. The second-order valence-electron chi connectivity index (χ2n) is 27.2. The fraction of sp³-hybridized carbons (Fsp3) is 0.747. The number of aryl methyl sites for hydroxylation is 1. The van der Waals surface area contributed by atoms with Gasteiger partial charge in [-0.3, -0.25) is 0 Å². The van der Waals surface area contributed by atoms with Crippen LogP contribution in [0.15, 0.2) is 48.5 Å². The highest BCUT2D eigenvalue weighted by Crippen LogP contribution is 2.44. The third-order valence-electron chi connectivity index (χ3n) is 18.3. The van der Waals surface area contributed by atoms with Gasteiger partial charge in [0.15, 0.2) is 28.8 Å². The maximum atomic E-state index is 6.82. The number of rotatable bonds is 66. The lowest BCUT2D eigenvalue weighted by molar-refractivity contribution is 0.234. The average molecular weight is 1310 g/mol. The van der Waals surface area contributed by atoms with Gasteiger partial charge in [0.05, 0.1) is 39.6 Å². The Kier molecular flexibility index (Phi) is 49.6. The largest absolute Gasteiger partial charge is 0.489 e. The zero-order chi connectivity index (χ0) is 66.8. The Morgan fingerprint density at radius 3 is 0.713 bits per heavy atom. The van der Waals surface area contributed by atoms with Crippen molar-refractivity contribution in [1.29, 1.82) is 0 Å². The van der Waals surface area contributed by atoms with Crippen LogP contribution in [0.1, 0.15) is 362 Å². The fourth-order valence-corrected chi connectivity index (χ4v) is 12.3. The van der Waals surface area contributed by atoms with Crippen LogP contribution in [0.4, 0.5) is 23.3 Å². The first-order chi connectivity index (χ1) is 46.5. The summed E-state index contributed by atoms with van der Waals surface area (Å²) in [6.07, 6.45) is 60.1. The molecule has 0 aliphatic heterocycles. The van der Waals surface area contributed by atoms with Crippen LogP contribution >= 0.6 is 0 Å². The summed E-state index contributed by atoms with van der Waals surface area (Å²) in [6, 6.07) is 16.8. The fourth-order valence-electron chi connectivity index (χ4n) is 12.3. The number of aromatic nitrogens is 3. The summed E-state index contributed by atoms with van der Waals surface area (Å²) in [6.45, 7) is 19.5. The molecule has 11 heteroatoms. The van der Waals surface area contributed by atoms with E-state index in [-0.39, 0.29) is 0 Å². The third-order valence-corrected chi connectivity index (χ3v) is 18.3. The van der Waals surface area contributed by atoms with Crippen LogP contribution in [-0.4, -0.2) is 54.6 Å². The van der Waals surface area contributed by atoms with Crippen molar-refractivity contribution >= 4 is 23.3 Å². The topological polar surface area (TPSA) is 118 Å². The molecular weight excluding hydrogens is 1160 g/mol. The summed E-state index contributed by atoms with van der Waals surface area (Å²) < 4.78 is 40.9. The van der Waals surface area contributed by atoms with Crippen molar-refractivity contribution in [2.45, 2.75) is 363 Å². The van der Waals surface area contributed by atoms with Gasteiger partial charge in [-0.05, 0) is 50.5 Å². The molecule has 0 atom stereocenters. The Balaban J connectivity index is 1.76. The van der Waals surface area contributed by atoms with Gasteiger partial charge in [-0.25, -0.2) is 0 Å². The van der Waals surface area contributed by atoms with E-state index in [1.165, 1.54) is 237 Å². The molecule has 0 saturated heterocycles. The summed E-state index contributed by atoms with van der Waals surface area (Å²) in [5, 5.41) is 7.32. The smallest absolute Gasteiger partial charge is 0.232 e. The molecule has 4 rings (SSSR count). The second-order valence-corrected chi connectivity index (χ2v) is 27.2. The number of hydrogen-bond donors (Lipinski definition) is 2. The van der Waals surface area contributed by atoms with Crippen LogP contribution in [0.2, 0.25) is 0 Å². The highest BCUT2D eigenvalue weighted by atomic mass is 16.5. The normalized spacial score (nSPS) is 11.4. The van der Waals surface area contributed by atoms with Gasteiger partial charge in [-0.15, -0.1) is 0 Å². The summed E-state index contributed by atoms with van der Waals surface area (Å²) >= 11 is 0. The number of nitrogens with zero attached hydrogens (tertiary/aromatic N) is 3. The quantitative estimate of drug-likeness (QED) is 0.0412.